The maximum absolute atomic E-state index is 13.5. The normalized spacial score (nSPS) is 14.8. The van der Waals surface area contributed by atoms with Crippen molar-refractivity contribution < 1.29 is 13.7 Å². The second kappa shape index (κ2) is 7.42. The molecule has 1 unspecified atom stereocenters. The average Bonchev–Trinajstić information content (AvgIpc) is 3.09. The molecule has 0 spiro atoms. The molecule has 144 valence electrons. The fourth-order valence-electron chi connectivity index (χ4n) is 3.29. The van der Waals surface area contributed by atoms with Crippen LogP contribution in [0.25, 0.3) is 11.4 Å². The van der Waals surface area contributed by atoms with E-state index in [2.05, 4.69) is 20.8 Å². The smallest absolute Gasteiger partial charge is 0.249 e. The number of nitrogens with zero attached hydrogens (tertiary/aromatic N) is 2. The van der Waals surface area contributed by atoms with Gasteiger partial charge in [0.15, 0.2) is 0 Å². The molecule has 4 rings (SSSR count). The van der Waals surface area contributed by atoms with Gasteiger partial charge < -0.3 is 15.2 Å². The van der Waals surface area contributed by atoms with Gasteiger partial charge >= 0.3 is 0 Å². The van der Waals surface area contributed by atoms with Crippen molar-refractivity contribution in [3.63, 3.8) is 0 Å². The van der Waals surface area contributed by atoms with E-state index in [4.69, 9.17) is 4.52 Å². The summed E-state index contributed by atoms with van der Waals surface area (Å²) in [6.45, 7) is 3.63. The predicted octanol–water partition coefficient (Wildman–Crippen LogP) is 4.63. The van der Waals surface area contributed by atoms with E-state index in [1.54, 1.807) is 19.1 Å². The Balaban J connectivity index is 1.50. The zero-order valence-electron chi connectivity index (χ0n) is 15.8. The number of nitrogens with one attached hydrogen (secondary N) is 2. The molecule has 2 N–H and O–H groups in total. The molecule has 1 aromatic heterocycles. The zero-order valence-corrected chi connectivity index (χ0v) is 15.8. The first-order valence-electron chi connectivity index (χ1n) is 9.29. The third-order valence-electron chi connectivity index (χ3n) is 4.84. The Morgan fingerprint density at radius 3 is 2.89 bits per heavy atom. The van der Waals surface area contributed by atoms with Crippen molar-refractivity contribution in [2.75, 3.05) is 10.6 Å². The predicted molar refractivity (Wildman–Crippen MR) is 104 cm³/mol. The first-order chi connectivity index (χ1) is 13.5. The van der Waals surface area contributed by atoms with Gasteiger partial charge in [-0.1, -0.05) is 5.16 Å². The van der Waals surface area contributed by atoms with Crippen LogP contribution in [0.3, 0.4) is 0 Å². The number of rotatable bonds is 4. The van der Waals surface area contributed by atoms with Gasteiger partial charge in [-0.2, -0.15) is 4.98 Å². The molecule has 3 aromatic rings. The summed E-state index contributed by atoms with van der Waals surface area (Å²) in [5.41, 5.74) is 4.14. The number of carbonyl (C=O) groups is 1. The van der Waals surface area contributed by atoms with Gasteiger partial charge in [-0.3, -0.25) is 4.79 Å². The van der Waals surface area contributed by atoms with E-state index in [1.165, 1.54) is 6.07 Å². The number of fused-ring (bicyclic) bond motifs is 1. The molecule has 0 saturated heterocycles. The van der Waals surface area contributed by atoms with E-state index in [9.17, 15) is 9.18 Å². The molecule has 1 aliphatic rings. The number of hydrogen-bond donors (Lipinski definition) is 2. The third-order valence-corrected chi connectivity index (χ3v) is 4.84. The van der Waals surface area contributed by atoms with Gasteiger partial charge in [0, 0.05) is 23.4 Å². The van der Waals surface area contributed by atoms with Crippen LogP contribution in [-0.4, -0.2) is 16.0 Å². The first kappa shape index (κ1) is 18.2. The number of aromatic nitrogens is 2. The second-order valence-electron chi connectivity index (χ2n) is 7.06. The molecular formula is C21H21FN4O2. The Labute approximate surface area is 162 Å². The van der Waals surface area contributed by atoms with Crippen molar-refractivity contribution in [3.8, 4) is 11.4 Å². The van der Waals surface area contributed by atoms with Crippen molar-refractivity contribution in [2.24, 2.45) is 0 Å². The topological polar surface area (TPSA) is 80.0 Å². The van der Waals surface area contributed by atoms with Crippen molar-refractivity contribution >= 4 is 17.3 Å². The lowest BCUT2D eigenvalue weighted by Gasteiger charge is -2.14. The standard InChI is InChI=1S/C21H21FN4O2/c1-12-10-15(6-8-17(12)22)20-25-21(28-26-20)13(2)23-16-7-9-18-14(11-16)4-3-5-19(27)24-18/h6-11,13,23H,3-5H2,1-2H3,(H,24,27). The lowest BCUT2D eigenvalue weighted by molar-refractivity contribution is -0.116. The van der Waals surface area contributed by atoms with Crippen LogP contribution in [0.2, 0.25) is 0 Å². The van der Waals surface area contributed by atoms with Crippen LogP contribution in [0.4, 0.5) is 15.8 Å². The fraction of sp³-hybridized carbons (Fsp3) is 0.286. The number of halogens is 1. The Bertz CT molecular complexity index is 1030. The summed E-state index contributed by atoms with van der Waals surface area (Å²) < 4.78 is 18.9. The zero-order chi connectivity index (χ0) is 19.7. The monoisotopic (exact) mass is 380 g/mol. The third kappa shape index (κ3) is 3.74. The SMILES string of the molecule is Cc1cc(-c2noc(C(C)Nc3ccc4c(c3)CCCC(=O)N4)n2)ccc1F. The van der Waals surface area contributed by atoms with Gasteiger partial charge in [0.2, 0.25) is 17.6 Å². The molecule has 2 heterocycles. The number of amides is 1. The number of benzene rings is 2. The molecule has 6 nitrogen and oxygen atoms in total. The van der Waals surface area contributed by atoms with E-state index < -0.39 is 0 Å². The minimum absolute atomic E-state index is 0.0576. The highest BCUT2D eigenvalue weighted by molar-refractivity contribution is 5.92. The molecule has 0 fully saturated rings. The molecule has 0 radical (unpaired) electrons. The molecule has 1 amide bonds. The summed E-state index contributed by atoms with van der Waals surface area (Å²) >= 11 is 0. The highest BCUT2D eigenvalue weighted by Crippen LogP contribution is 2.28. The largest absolute Gasteiger partial charge is 0.374 e. The number of carbonyl (C=O) groups excluding carboxylic acids is 1. The van der Waals surface area contributed by atoms with Gasteiger partial charge in [-0.05, 0) is 74.2 Å². The quantitative estimate of drug-likeness (QED) is 0.690. The van der Waals surface area contributed by atoms with Crippen LogP contribution in [0.5, 0.6) is 0 Å². The van der Waals surface area contributed by atoms with Crippen LogP contribution in [0.1, 0.15) is 42.8 Å². The van der Waals surface area contributed by atoms with Crippen molar-refractivity contribution in [3.05, 3.63) is 59.2 Å². The van der Waals surface area contributed by atoms with Crippen LogP contribution in [0.15, 0.2) is 40.9 Å². The van der Waals surface area contributed by atoms with Gasteiger partial charge in [0.1, 0.15) is 11.9 Å². The van der Waals surface area contributed by atoms with Gasteiger partial charge in [0.25, 0.3) is 0 Å². The van der Waals surface area contributed by atoms with E-state index in [-0.39, 0.29) is 17.8 Å². The van der Waals surface area contributed by atoms with E-state index in [0.29, 0.717) is 29.3 Å². The highest BCUT2D eigenvalue weighted by atomic mass is 19.1. The van der Waals surface area contributed by atoms with E-state index in [1.807, 2.05) is 25.1 Å². The first-order valence-corrected chi connectivity index (χ1v) is 9.29. The minimum Gasteiger partial charge on any atom is -0.374 e. The Kier molecular flexibility index (Phi) is 4.81. The molecule has 1 atom stereocenters. The second-order valence-corrected chi connectivity index (χ2v) is 7.06. The van der Waals surface area contributed by atoms with Crippen LogP contribution < -0.4 is 10.6 Å². The Morgan fingerprint density at radius 1 is 1.21 bits per heavy atom. The molecule has 1 aliphatic heterocycles. The van der Waals surface area contributed by atoms with Crippen LogP contribution in [-0.2, 0) is 11.2 Å². The minimum atomic E-state index is -0.262. The van der Waals surface area contributed by atoms with Crippen molar-refractivity contribution in [1.82, 2.24) is 10.1 Å². The lowest BCUT2D eigenvalue weighted by Crippen LogP contribution is -2.10. The molecular weight excluding hydrogens is 359 g/mol. The summed E-state index contributed by atoms with van der Waals surface area (Å²) in [4.78, 5) is 16.1. The molecule has 2 aromatic carbocycles. The molecule has 0 saturated carbocycles. The van der Waals surface area contributed by atoms with Gasteiger partial charge in [-0.15, -0.1) is 0 Å². The van der Waals surface area contributed by atoms with Crippen LogP contribution >= 0.6 is 0 Å². The fourth-order valence-corrected chi connectivity index (χ4v) is 3.29. The summed E-state index contributed by atoms with van der Waals surface area (Å²) in [5, 5.41) is 10.3. The molecule has 0 aliphatic carbocycles. The molecule has 28 heavy (non-hydrogen) atoms. The molecule has 0 bridgehead atoms. The number of aryl methyl sites for hydroxylation is 2. The van der Waals surface area contributed by atoms with Crippen LogP contribution in [0, 0.1) is 12.7 Å². The number of hydrogen-bond acceptors (Lipinski definition) is 5. The summed E-state index contributed by atoms with van der Waals surface area (Å²) in [6, 6.07) is 10.4. The lowest BCUT2D eigenvalue weighted by atomic mass is 10.1. The highest BCUT2D eigenvalue weighted by Gasteiger charge is 2.17. The van der Waals surface area contributed by atoms with Gasteiger partial charge in [-0.25, -0.2) is 4.39 Å². The van der Waals surface area contributed by atoms with Crippen molar-refractivity contribution in [1.29, 1.82) is 0 Å². The summed E-state index contributed by atoms with van der Waals surface area (Å²) in [6.07, 6.45) is 2.23. The molecule has 7 heteroatoms. The summed E-state index contributed by atoms with van der Waals surface area (Å²) in [7, 11) is 0. The average molecular weight is 380 g/mol. The Morgan fingerprint density at radius 2 is 2.07 bits per heavy atom. The maximum atomic E-state index is 13.5. The van der Waals surface area contributed by atoms with Gasteiger partial charge in [0.05, 0.1) is 0 Å². The van der Waals surface area contributed by atoms with Crippen molar-refractivity contribution in [2.45, 2.75) is 39.2 Å². The maximum Gasteiger partial charge on any atom is 0.249 e. The Hall–Kier alpha value is -3.22. The van der Waals surface area contributed by atoms with E-state index in [0.717, 1.165) is 29.8 Å². The summed E-state index contributed by atoms with van der Waals surface area (Å²) in [5.74, 6) is 0.667. The van der Waals surface area contributed by atoms with E-state index >= 15 is 0 Å². The number of anilines is 2.